The van der Waals surface area contributed by atoms with Crippen LogP contribution in [0.4, 0.5) is 0 Å². The standard InChI is InChI=1S/C13H21NO3/c1-5-17-13(9-14-2)11-7-6-10(15-3)8-12(11)16-4/h6-8,13-14H,5,9H2,1-4H3/t13-/m1/s1. The van der Waals surface area contributed by atoms with Gasteiger partial charge in [0, 0.05) is 24.8 Å². The van der Waals surface area contributed by atoms with Crippen LogP contribution in [0.1, 0.15) is 18.6 Å². The van der Waals surface area contributed by atoms with Crippen molar-refractivity contribution in [2.75, 3.05) is 34.4 Å². The largest absolute Gasteiger partial charge is 0.497 e. The summed E-state index contributed by atoms with van der Waals surface area (Å²) in [6.07, 6.45) is -0.00847. The van der Waals surface area contributed by atoms with E-state index >= 15 is 0 Å². The minimum absolute atomic E-state index is 0.00847. The Morgan fingerprint density at radius 2 is 2.00 bits per heavy atom. The summed E-state index contributed by atoms with van der Waals surface area (Å²) in [5.41, 5.74) is 1.03. The van der Waals surface area contributed by atoms with Gasteiger partial charge < -0.3 is 19.5 Å². The number of ether oxygens (including phenoxy) is 3. The lowest BCUT2D eigenvalue weighted by Crippen LogP contribution is -2.20. The first kappa shape index (κ1) is 13.8. The average molecular weight is 239 g/mol. The number of methoxy groups -OCH3 is 2. The third kappa shape index (κ3) is 3.61. The Hall–Kier alpha value is -1.26. The fourth-order valence-electron chi connectivity index (χ4n) is 1.73. The van der Waals surface area contributed by atoms with E-state index in [9.17, 15) is 0 Å². The zero-order chi connectivity index (χ0) is 12.7. The lowest BCUT2D eigenvalue weighted by atomic mass is 10.1. The summed E-state index contributed by atoms with van der Waals surface area (Å²) >= 11 is 0. The summed E-state index contributed by atoms with van der Waals surface area (Å²) in [6.45, 7) is 3.40. The minimum Gasteiger partial charge on any atom is -0.497 e. The van der Waals surface area contributed by atoms with Crippen LogP contribution >= 0.6 is 0 Å². The molecule has 96 valence electrons. The van der Waals surface area contributed by atoms with E-state index in [1.165, 1.54) is 0 Å². The molecule has 1 aromatic carbocycles. The summed E-state index contributed by atoms with van der Waals surface area (Å²) in [5.74, 6) is 1.57. The van der Waals surface area contributed by atoms with Gasteiger partial charge in [0.25, 0.3) is 0 Å². The molecule has 0 heterocycles. The van der Waals surface area contributed by atoms with Crippen molar-refractivity contribution in [3.8, 4) is 11.5 Å². The highest BCUT2D eigenvalue weighted by molar-refractivity contribution is 5.42. The topological polar surface area (TPSA) is 39.7 Å². The number of likely N-dealkylation sites (N-methyl/N-ethyl adjacent to an activating group) is 1. The van der Waals surface area contributed by atoms with Crippen molar-refractivity contribution in [1.29, 1.82) is 0 Å². The predicted octanol–water partition coefficient (Wildman–Crippen LogP) is 2.00. The highest BCUT2D eigenvalue weighted by Crippen LogP contribution is 2.30. The minimum atomic E-state index is -0.00847. The van der Waals surface area contributed by atoms with Gasteiger partial charge in [-0.2, -0.15) is 0 Å². The van der Waals surface area contributed by atoms with Gasteiger partial charge in [-0.05, 0) is 26.1 Å². The molecule has 17 heavy (non-hydrogen) atoms. The highest BCUT2D eigenvalue weighted by Gasteiger charge is 2.16. The van der Waals surface area contributed by atoms with Gasteiger partial charge in [-0.1, -0.05) is 0 Å². The zero-order valence-electron chi connectivity index (χ0n) is 10.9. The van der Waals surface area contributed by atoms with Crippen LogP contribution in [0.25, 0.3) is 0 Å². The molecule has 0 saturated heterocycles. The molecule has 0 fully saturated rings. The smallest absolute Gasteiger partial charge is 0.128 e. The van der Waals surface area contributed by atoms with Crippen molar-refractivity contribution >= 4 is 0 Å². The molecule has 0 aliphatic rings. The Balaban J connectivity index is 2.99. The second-order valence-electron chi connectivity index (χ2n) is 3.61. The molecule has 0 unspecified atom stereocenters. The average Bonchev–Trinajstić information content (AvgIpc) is 2.37. The quantitative estimate of drug-likeness (QED) is 0.790. The summed E-state index contributed by atoms with van der Waals surface area (Å²) in [7, 11) is 5.20. The number of benzene rings is 1. The van der Waals surface area contributed by atoms with Crippen molar-refractivity contribution < 1.29 is 14.2 Å². The van der Waals surface area contributed by atoms with Gasteiger partial charge >= 0.3 is 0 Å². The molecule has 0 aliphatic heterocycles. The van der Waals surface area contributed by atoms with Gasteiger partial charge in [-0.3, -0.25) is 0 Å². The number of rotatable bonds is 7. The number of hydrogen-bond acceptors (Lipinski definition) is 4. The van der Waals surface area contributed by atoms with Crippen molar-refractivity contribution in [3.05, 3.63) is 23.8 Å². The third-order valence-electron chi connectivity index (χ3n) is 2.54. The summed E-state index contributed by atoms with van der Waals surface area (Å²) < 4.78 is 16.2. The number of nitrogens with one attached hydrogen (secondary N) is 1. The molecular formula is C13H21NO3. The molecule has 0 saturated carbocycles. The van der Waals surface area contributed by atoms with Crippen molar-refractivity contribution in [3.63, 3.8) is 0 Å². The Morgan fingerprint density at radius 3 is 2.53 bits per heavy atom. The molecule has 4 nitrogen and oxygen atoms in total. The van der Waals surface area contributed by atoms with Crippen molar-refractivity contribution in [2.45, 2.75) is 13.0 Å². The number of hydrogen-bond donors (Lipinski definition) is 1. The van der Waals surface area contributed by atoms with Crippen LogP contribution < -0.4 is 14.8 Å². The van der Waals surface area contributed by atoms with E-state index in [0.717, 1.165) is 23.6 Å². The second kappa shape index (κ2) is 7.14. The van der Waals surface area contributed by atoms with Crippen LogP contribution in [0.5, 0.6) is 11.5 Å². The monoisotopic (exact) mass is 239 g/mol. The maximum atomic E-state index is 5.70. The summed E-state index contributed by atoms with van der Waals surface area (Å²) in [5, 5.41) is 3.12. The Morgan fingerprint density at radius 1 is 1.24 bits per heavy atom. The van der Waals surface area contributed by atoms with Gasteiger partial charge in [0.05, 0.1) is 20.3 Å². The van der Waals surface area contributed by atoms with E-state index in [-0.39, 0.29) is 6.10 Å². The Bertz CT molecular complexity index is 335. The fourth-order valence-corrected chi connectivity index (χ4v) is 1.73. The molecule has 4 heteroatoms. The summed E-state index contributed by atoms with van der Waals surface area (Å²) in [6, 6.07) is 5.77. The predicted molar refractivity (Wildman–Crippen MR) is 67.8 cm³/mol. The molecule has 1 N–H and O–H groups in total. The van der Waals surface area contributed by atoms with Crippen molar-refractivity contribution in [2.24, 2.45) is 0 Å². The van der Waals surface area contributed by atoms with Crippen molar-refractivity contribution in [1.82, 2.24) is 5.32 Å². The Kier molecular flexibility index (Phi) is 5.80. The van der Waals surface area contributed by atoms with Gasteiger partial charge in [-0.15, -0.1) is 0 Å². The van der Waals surface area contributed by atoms with E-state index in [0.29, 0.717) is 6.61 Å². The van der Waals surface area contributed by atoms with E-state index in [1.807, 2.05) is 32.2 Å². The highest BCUT2D eigenvalue weighted by atomic mass is 16.5. The lowest BCUT2D eigenvalue weighted by Gasteiger charge is -2.20. The normalized spacial score (nSPS) is 12.2. The van der Waals surface area contributed by atoms with E-state index in [4.69, 9.17) is 14.2 Å². The van der Waals surface area contributed by atoms with Crippen LogP contribution in [0.2, 0.25) is 0 Å². The molecular weight excluding hydrogens is 218 g/mol. The molecule has 1 rings (SSSR count). The first-order valence-corrected chi connectivity index (χ1v) is 5.74. The molecule has 0 aromatic heterocycles. The Labute approximate surface area is 103 Å². The van der Waals surface area contributed by atoms with Crippen LogP contribution in [0.3, 0.4) is 0 Å². The zero-order valence-corrected chi connectivity index (χ0v) is 10.9. The fraction of sp³-hybridized carbons (Fsp3) is 0.538. The molecule has 0 amide bonds. The van der Waals surface area contributed by atoms with E-state index < -0.39 is 0 Å². The van der Waals surface area contributed by atoms with Crippen LogP contribution in [0, 0.1) is 0 Å². The van der Waals surface area contributed by atoms with Gasteiger partial charge in [0.15, 0.2) is 0 Å². The van der Waals surface area contributed by atoms with E-state index in [1.54, 1.807) is 14.2 Å². The van der Waals surface area contributed by atoms with Gasteiger partial charge in [0.1, 0.15) is 11.5 Å². The SMILES string of the molecule is CCO[C@H](CNC)c1ccc(OC)cc1OC. The first-order valence-electron chi connectivity index (χ1n) is 5.74. The molecule has 0 bridgehead atoms. The van der Waals surface area contributed by atoms with Gasteiger partial charge in [-0.25, -0.2) is 0 Å². The molecule has 1 atom stereocenters. The van der Waals surface area contributed by atoms with Crippen LogP contribution in [-0.2, 0) is 4.74 Å². The van der Waals surface area contributed by atoms with Crippen LogP contribution in [0.15, 0.2) is 18.2 Å². The molecule has 0 radical (unpaired) electrons. The lowest BCUT2D eigenvalue weighted by molar-refractivity contribution is 0.0619. The maximum Gasteiger partial charge on any atom is 0.128 e. The summed E-state index contributed by atoms with van der Waals surface area (Å²) in [4.78, 5) is 0. The second-order valence-corrected chi connectivity index (χ2v) is 3.61. The van der Waals surface area contributed by atoms with E-state index in [2.05, 4.69) is 5.32 Å². The maximum absolute atomic E-state index is 5.70. The van der Waals surface area contributed by atoms with Crippen LogP contribution in [-0.4, -0.2) is 34.4 Å². The molecule has 0 spiro atoms. The first-order chi connectivity index (χ1) is 8.26. The molecule has 1 aromatic rings. The van der Waals surface area contributed by atoms with Gasteiger partial charge in [0.2, 0.25) is 0 Å². The third-order valence-corrected chi connectivity index (χ3v) is 2.54. The molecule has 0 aliphatic carbocycles.